The highest BCUT2D eigenvalue weighted by Gasteiger charge is 2.05. The van der Waals surface area contributed by atoms with Crippen molar-refractivity contribution in [1.82, 2.24) is 20.2 Å². The number of aryl methyl sites for hydroxylation is 1. The SMILES string of the molecule is COCCNC(=O)NCCCn1ccnc1-c1ccccc1. The summed E-state index contributed by atoms with van der Waals surface area (Å²) in [4.78, 5) is 15.9. The first-order chi connectivity index (χ1) is 10.8. The minimum absolute atomic E-state index is 0.161. The Morgan fingerprint density at radius 2 is 2.00 bits per heavy atom. The van der Waals surface area contributed by atoms with E-state index in [1.54, 1.807) is 13.3 Å². The van der Waals surface area contributed by atoms with Crippen LogP contribution in [0.3, 0.4) is 0 Å². The molecule has 6 nitrogen and oxygen atoms in total. The van der Waals surface area contributed by atoms with Crippen molar-refractivity contribution in [2.45, 2.75) is 13.0 Å². The van der Waals surface area contributed by atoms with Gasteiger partial charge in [-0.15, -0.1) is 0 Å². The molecule has 0 atom stereocenters. The normalized spacial score (nSPS) is 10.4. The standard InChI is InChI=1S/C16H22N4O2/c1-22-13-10-19-16(21)18-8-5-11-20-12-9-17-15(20)14-6-3-2-4-7-14/h2-4,6-7,9,12H,5,8,10-11,13H2,1H3,(H2,18,19,21). The highest BCUT2D eigenvalue weighted by molar-refractivity contribution is 5.73. The van der Waals surface area contributed by atoms with Crippen molar-refractivity contribution in [2.24, 2.45) is 0 Å². The Bertz CT molecular complexity index is 569. The smallest absolute Gasteiger partial charge is 0.314 e. The van der Waals surface area contributed by atoms with Crippen molar-refractivity contribution in [3.63, 3.8) is 0 Å². The Kier molecular flexibility index (Phi) is 6.44. The lowest BCUT2D eigenvalue weighted by molar-refractivity contribution is 0.196. The molecule has 2 aromatic rings. The number of urea groups is 1. The molecule has 2 amide bonds. The first-order valence-corrected chi connectivity index (χ1v) is 7.38. The van der Waals surface area contributed by atoms with Crippen LogP contribution in [-0.4, -0.2) is 42.4 Å². The second-order valence-corrected chi connectivity index (χ2v) is 4.84. The maximum atomic E-state index is 11.5. The Hall–Kier alpha value is -2.34. The van der Waals surface area contributed by atoms with Crippen LogP contribution in [-0.2, 0) is 11.3 Å². The number of benzene rings is 1. The van der Waals surface area contributed by atoms with E-state index in [0.29, 0.717) is 19.7 Å². The molecule has 1 heterocycles. The lowest BCUT2D eigenvalue weighted by Gasteiger charge is -2.09. The molecular formula is C16H22N4O2. The minimum Gasteiger partial charge on any atom is -0.383 e. The molecular weight excluding hydrogens is 280 g/mol. The van der Waals surface area contributed by atoms with Crippen molar-refractivity contribution in [1.29, 1.82) is 0 Å². The number of amides is 2. The van der Waals surface area contributed by atoms with E-state index in [1.807, 2.05) is 36.5 Å². The molecule has 0 fully saturated rings. The summed E-state index contributed by atoms with van der Waals surface area (Å²) in [6, 6.07) is 9.91. The summed E-state index contributed by atoms with van der Waals surface area (Å²) in [6.45, 7) is 2.46. The van der Waals surface area contributed by atoms with E-state index in [4.69, 9.17) is 4.74 Å². The van der Waals surface area contributed by atoms with Crippen LogP contribution >= 0.6 is 0 Å². The minimum atomic E-state index is -0.161. The summed E-state index contributed by atoms with van der Waals surface area (Å²) in [7, 11) is 1.61. The number of carbonyl (C=O) groups is 1. The molecule has 0 aliphatic heterocycles. The van der Waals surface area contributed by atoms with Crippen LogP contribution in [0.2, 0.25) is 0 Å². The zero-order chi connectivity index (χ0) is 15.6. The number of methoxy groups -OCH3 is 1. The van der Waals surface area contributed by atoms with Gasteiger partial charge in [0.25, 0.3) is 0 Å². The van der Waals surface area contributed by atoms with Gasteiger partial charge < -0.3 is 19.9 Å². The number of hydrogen-bond donors (Lipinski definition) is 2. The van der Waals surface area contributed by atoms with Gasteiger partial charge >= 0.3 is 6.03 Å². The average molecular weight is 302 g/mol. The molecule has 0 spiro atoms. The number of aromatic nitrogens is 2. The second-order valence-electron chi connectivity index (χ2n) is 4.84. The number of hydrogen-bond acceptors (Lipinski definition) is 3. The average Bonchev–Trinajstić information content (AvgIpc) is 3.01. The lowest BCUT2D eigenvalue weighted by Crippen LogP contribution is -2.37. The van der Waals surface area contributed by atoms with Crippen LogP contribution in [0.25, 0.3) is 11.4 Å². The van der Waals surface area contributed by atoms with Crippen LogP contribution < -0.4 is 10.6 Å². The lowest BCUT2D eigenvalue weighted by atomic mass is 10.2. The number of carbonyl (C=O) groups excluding carboxylic acids is 1. The molecule has 2 rings (SSSR count). The predicted octanol–water partition coefficient (Wildman–Crippen LogP) is 1.89. The van der Waals surface area contributed by atoms with E-state index in [1.165, 1.54) is 0 Å². The highest BCUT2D eigenvalue weighted by Crippen LogP contribution is 2.16. The van der Waals surface area contributed by atoms with E-state index in [9.17, 15) is 4.79 Å². The molecule has 0 unspecified atom stereocenters. The monoisotopic (exact) mass is 302 g/mol. The van der Waals surface area contributed by atoms with E-state index >= 15 is 0 Å². The van der Waals surface area contributed by atoms with Crippen LogP contribution in [0.4, 0.5) is 4.79 Å². The van der Waals surface area contributed by atoms with Crippen molar-refractivity contribution < 1.29 is 9.53 Å². The van der Waals surface area contributed by atoms with Gasteiger partial charge in [0, 0.05) is 44.7 Å². The third-order valence-corrected chi connectivity index (χ3v) is 3.20. The van der Waals surface area contributed by atoms with Gasteiger partial charge in [0.1, 0.15) is 5.82 Å². The van der Waals surface area contributed by atoms with Gasteiger partial charge in [0.2, 0.25) is 0 Å². The highest BCUT2D eigenvalue weighted by atomic mass is 16.5. The van der Waals surface area contributed by atoms with Crippen LogP contribution in [0.5, 0.6) is 0 Å². The summed E-state index contributed by atoms with van der Waals surface area (Å²) in [6.07, 6.45) is 4.60. The molecule has 0 aliphatic carbocycles. The molecule has 22 heavy (non-hydrogen) atoms. The number of ether oxygens (including phenoxy) is 1. The quantitative estimate of drug-likeness (QED) is 0.732. The molecule has 0 saturated heterocycles. The van der Waals surface area contributed by atoms with Crippen LogP contribution in [0, 0.1) is 0 Å². The number of nitrogens with one attached hydrogen (secondary N) is 2. The first kappa shape index (κ1) is 16.0. The topological polar surface area (TPSA) is 68.2 Å². The van der Waals surface area contributed by atoms with Crippen molar-refractivity contribution in [3.8, 4) is 11.4 Å². The van der Waals surface area contributed by atoms with Crippen LogP contribution in [0.15, 0.2) is 42.7 Å². The van der Waals surface area contributed by atoms with E-state index < -0.39 is 0 Å². The molecule has 0 radical (unpaired) electrons. The van der Waals surface area contributed by atoms with Gasteiger partial charge in [-0.05, 0) is 6.42 Å². The number of imidazole rings is 1. The Morgan fingerprint density at radius 1 is 1.23 bits per heavy atom. The molecule has 0 saturated carbocycles. The zero-order valence-corrected chi connectivity index (χ0v) is 12.8. The molecule has 1 aromatic carbocycles. The first-order valence-electron chi connectivity index (χ1n) is 7.38. The van der Waals surface area contributed by atoms with Crippen molar-refractivity contribution in [3.05, 3.63) is 42.7 Å². The summed E-state index contributed by atoms with van der Waals surface area (Å²) in [5.41, 5.74) is 1.10. The molecule has 6 heteroatoms. The van der Waals surface area contributed by atoms with E-state index in [0.717, 1.165) is 24.4 Å². The molecule has 2 N–H and O–H groups in total. The third-order valence-electron chi connectivity index (χ3n) is 3.20. The fraction of sp³-hybridized carbons (Fsp3) is 0.375. The van der Waals surface area contributed by atoms with Crippen LogP contribution in [0.1, 0.15) is 6.42 Å². The number of nitrogens with zero attached hydrogens (tertiary/aromatic N) is 2. The third kappa shape index (κ3) is 4.89. The van der Waals surface area contributed by atoms with Crippen molar-refractivity contribution >= 4 is 6.03 Å². The number of rotatable bonds is 8. The van der Waals surface area contributed by atoms with Gasteiger partial charge in [-0.3, -0.25) is 0 Å². The summed E-state index contributed by atoms with van der Waals surface area (Å²) in [5, 5.41) is 5.54. The Morgan fingerprint density at radius 3 is 2.77 bits per heavy atom. The maximum Gasteiger partial charge on any atom is 0.314 e. The van der Waals surface area contributed by atoms with Gasteiger partial charge in [0.05, 0.1) is 6.61 Å². The Labute approximate surface area is 130 Å². The Balaban J connectivity index is 1.74. The van der Waals surface area contributed by atoms with E-state index in [-0.39, 0.29) is 6.03 Å². The second kappa shape index (κ2) is 8.84. The van der Waals surface area contributed by atoms with Gasteiger partial charge in [-0.25, -0.2) is 9.78 Å². The molecule has 1 aromatic heterocycles. The van der Waals surface area contributed by atoms with Gasteiger partial charge in [-0.2, -0.15) is 0 Å². The van der Waals surface area contributed by atoms with Crippen molar-refractivity contribution in [2.75, 3.05) is 26.8 Å². The molecule has 0 aliphatic rings. The summed E-state index contributed by atoms with van der Waals surface area (Å²) >= 11 is 0. The van der Waals surface area contributed by atoms with E-state index in [2.05, 4.69) is 20.2 Å². The largest absolute Gasteiger partial charge is 0.383 e. The predicted molar refractivity (Wildman–Crippen MR) is 85.6 cm³/mol. The molecule has 118 valence electrons. The fourth-order valence-electron chi connectivity index (χ4n) is 2.12. The van der Waals surface area contributed by atoms with Gasteiger partial charge in [0.15, 0.2) is 0 Å². The zero-order valence-electron chi connectivity index (χ0n) is 12.8. The van der Waals surface area contributed by atoms with Gasteiger partial charge in [-0.1, -0.05) is 30.3 Å². The summed E-state index contributed by atoms with van der Waals surface area (Å²) < 4.78 is 6.97. The maximum absolute atomic E-state index is 11.5. The fourth-order valence-corrected chi connectivity index (χ4v) is 2.12. The summed E-state index contributed by atoms with van der Waals surface area (Å²) in [5.74, 6) is 0.949. The molecule has 0 bridgehead atoms.